The first-order valence-electron chi connectivity index (χ1n) is 10.7. The van der Waals surface area contributed by atoms with Gasteiger partial charge in [-0.3, -0.25) is 24.2 Å². The van der Waals surface area contributed by atoms with Crippen molar-refractivity contribution < 1.29 is 14.4 Å². The number of nitrogens with one attached hydrogen (secondary N) is 1. The third-order valence-corrected chi connectivity index (χ3v) is 7.43. The van der Waals surface area contributed by atoms with Crippen molar-refractivity contribution in [2.75, 3.05) is 27.4 Å². The molecule has 166 valence electrons. The van der Waals surface area contributed by atoms with Crippen molar-refractivity contribution in [1.82, 2.24) is 0 Å². The first kappa shape index (κ1) is 21.3. The van der Waals surface area contributed by atoms with Crippen LogP contribution in [0.15, 0.2) is 72.8 Å². The predicted octanol–water partition coefficient (Wildman–Crippen LogP) is 4.22. The lowest BCUT2D eigenvalue weighted by Crippen LogP contribution is -2.50. The molecule has 0 saturated carbocycles. The molecule has 1 N–H and O–H groups in total. The second-order valence-corrected chi connectivity index (χ2v) is 9.44. The average Bonchev–Trinajstić information content (AvgIpc) is 3.28. The molecule has 2 heterocycles. The van der Waals surface area contributed by atoms with E-state index >= 15 is 0 Å². The second-order valence-electron chi connectivity index (χ2n) is 8.27. The Kier molecular flexibility index (Phi) is 5.21. The van der Waals surface area contributed by atoms with E-state index < -0.39 is 4.87 Å². The average molecular weight is 458 g/mol. The number of amides is 3. The number of benzene rings is 3. The summed E-state index contributed by atoms with van der Waals surface area (Å²) in [7, 11) is 0. The highest BCUT2D eigenvalue weighted by Gasteiger charge is 2.61. The van der Waals surface area contributed by atoms with Crippen LogP contribution in [0.1, 0.15) is 16.7 Å². The summed E-state index contributed by atoms with van der Waals surface area (Å²) in [4.78, 5) is 41.8. The fraction of sp³-hybridized carbons (Fsp3) is 0.192. The maximum absolute atomic E-state index is 14.0. The standard InChI is InChI=1S/C26H23N3O3S/c1-17-12-13-18(2)21(14-17)27-23(30)15-28-22-11-7-6-10-20(22)26(25(28)32)29(24(31)16-33-26)19-8-4-3-5-9-19/h3-14H,15-16H2,1-2H3,(H,27,30). The van der Waals surface area contributed by atoms with Gasteiger partial charge in [0.1, 0.15) is 6.54 Å². The van der Waals surface area contributed by atoms with Crippen LogP contribution < -0.4 is 15.1 Å². The summed E-state index contributed by atoms with van der Waals surface area (Å²) in [6.45, 7) is 3.76. The maximum atomic E-state index is 14.0. The fourth-order valence-corrected chi connectivity index (χ4v) is 5.85. The van der Waals surface area contributed by atoms with Gasteiger partial charge in [0.15, 0.2) is 0 Å². The number of fused-ring (bicyclic) bond motifs is 2. The number of para-hydroxylation sites is 2. The molecule has 33 heavy (non-hydrogen) atoms. The van der Waals surface area contributed by atoms with Crippen molar-refractivity contribution in [2.45, 2.75) is 18.7 Å². The Labute approximate surface area is 196 Å². The van der Waals surface area contributed by atoms with Crippen molar-refractivity contribution in [3.8, 4) is 0 Å². The molecule has 1 unspecified atom stereocenters. The summed E-state index contributed by atoms with van der Waals surface area (Å²) in [5.41, 5.74) is 4.77. The number of hydrogen-bond donors (Lipinski definition) is 1. The van der Waals surface area contributed by atoms with Crippen LogP contribution >= 0.6 is 11.8 Å². The Morgan fingerprint density at radius 3 is 2.52 bits per heavy atom. The van der Waals surface area contributed by atoms with Crippen LogP contribution in [0.5, 0.6) is 0 Å². The largest absolute Gasteiger partial charge is 0.324 e. The van der Waals surface area contributed by atoms with Gasteiger partial charge < -0.3 is 5.32 Å². The van der Waals surface area contributed by atoms with Crippen molar-refractivity contribution >= 4 is 46.5 Å². The number of carbonyl (C=O) groups is 3. The molecular weight excluding hydrogens is 434 g/mol. The summed E-state index contributed by atoms with van der Waals surface area (Å²) >= 11 is 1.31. The monoisotopic (exact) mass is 457 g/mol. The van der Waals surface area contributed by atoms with E-state index in [0.29, 0.717) is 11.4 Å². The summed E-state index contributed by atoms with van der Waals surface area (Å²) in [6.07, 6.45) is 0. The van der Waals surface area contributed by atoms with Crippen molar-refractivity contribution in [1.29, 1.82) is 0 Å². The van der Waals surface area contributed by atoms with E-state index in [-0.39, 0.29) is 30.0 Å². The van der Waals surface area contributed by atoms with Gasteiger partial charge in [0, 0.05) is 16.9 Å². The molecule has 1 atom stereocenters. The van der Waals surface area contributed by atoms with Crippen LogP contribution in [0, 0.1) is 13.8 Å². The quantitative estimate of drug-likeness (QED) is 0.637. The lowest BCUT2D eigenvalue weighted by Gasteiger charge is -2.33. The van der Waals surface area contributed by atoms with Gasteiger partial charge in [-0.05, 0) is 49.2 Å². The van der Waals surface area contributed by atoms with E-state index in [1.54, 1.807) is 4.90 Å². The Hall–Kier alpha value is -3.58. The molecular formula is C26H23N3O3S. The minimum absolute atomic E-state index is 0.129. The zero-order valence-electron chi connectivity index (χ0n) is 18.4. The smallest absolute Gasteiger partial charge is 0.269 e. The van der Waals surface area contributed by atoms with E-state index in [0.717, 1.165) is 22.4 Å². The molecule has 3 aromatic rings. The van der Waals surface area contributed by atoms with Gasteiger partial charge in [-0.1, -0.05) is 48.5 Å². The predicted molar refractivity (Wildman–Crippen MR) is 131 cm³/mol. The number of rotatable bonds is 4. The zero-order valence-corrected chi connectivity index (χ0v) is 19.2. The van der Waals surface area contributed by atoms with Crippen LogP contribution in [-0.2, 0) is 19.3 Å². The van der Waals surface area contributed by atoms with E-state index in [1.807, 2.05) is 86.6 Å². The molecule has 3 amide bonds. The van der Waals surface area contributed by atoms with Gasteiger partial charge in [0.2, 0.25) is 16.7 Å². The summed E-state index contributed by atoms with van der Waals surface area (Å²) in [5.74, 6) is -0.502. The summed E-state index contributed by atoms with van der Waals surface area (Å²) in [6, 6.07) is 22.5. The third kappa shape index (κ3) is 3.40. The van der Waals surface area contributed by atoms with E-state index in [9.17, 15) is 14.4 Å². The van der Waals surface area contributed by atoms with Crippen LogP contribution in [0.4, 0.5) is 17.1 Å². The van der Waals surface area contributed by atoms with Crippen molar-refractivity contribution in [2.24, 2.45) is 0 Å². The first-order valence-corrected chi connectivity index (χ1v) is 11.7. The highest BCUT2D eigenvalue weighted by Crippen LogP contribution is 2.55. The van der Waals surface area contributed by atoms with Crippen LogP contribution in [-0.4, -0.2) is 30.0 Å². The van der Waals surface area contributed by atoms with Gasteiger partial charge in [-0.25, -0.2) is 0 Å². The van der Waals surface area contributed by atoms with Gasteiger partial charge in [-0.15, -0.1) is 11.8 Å². The van der Waals surface area contributed by atoms with E-state index in [4.69, 9.17) is 0 Å². The molecule has 0 aliphatic carbocycles. The van der Waals surface area contributed by atoms with Gasteiger partial charge in [-0.2, -0.15) is 0 Å². The normalized spacial score (nSPS) is 19.3. The molecule has 1 spiro atoms. The first-order chi connectivity index (χ1) is 15.9. The molecule has 0 aromatic heterocycles. The van der Waals surface area contributed by atoms with Gasteiger partial charge >= 0.3 is 0 Å². The molecule has 2 aliphatic rings. The SMILES string of the molecule is Cc1ccc(C)c(NC(=O)CN2C(=O)C3(SCC(=O)N3c3ccccc3)c3ccccc32)c1. The lowest BCUT2D eigenvalue weighted by molar-refractivity contribution is -0.124. The molecule has 0 radical (unpaired) electrons. The van der Waals surface area contributed by atoms with Crippen LogP contribution in [0.25, 0.3) is 0 Å². The molecule has 6 nitrogen and oxygen atoms in total. The maximum Gasteiger partial charge on any atom is 0.269 e. The third-order valence-electron chi connectivity index (χ3n) is 6.05. The Morgan fingerprint density at radius 2 is 1.73 bits per heavy atom. The van der Waals surface area contributed by atoms with Crippen LogP contribution in [0.2, 0.25) is 0 Å². The molecule has 3 aromatic carbocycles. The number of anilines is 3. The fourth-order valence-electron chi connectivity index (χ4n) is 4.49. The lowest BCUT2D eigenvalue weighted by atomic mass is 10.0. The molecule has 1 saturated heterocycles. The van der Waals surface area contributed by atoms with Crippen molar-refractivity contribution in [3.63, 3.8) is 0 Å². The minimum atomic E-state index is -1.21. The summed E-state index contributed by atoms with van der Waals surface area (Å²) in [5, 5.41) is 2.94. The molecule has 0 bridgehead atoms. The number of thioether (sulfide) groups is 1. The Balaban J connectivity index is 1.51. The number of aryl methyl sites for hydroxylation is 2. The van der Waals surface area contributed by atoms with Gasteiger partial charge in [0.05, 0.1) is 11.4 Å². The molecule has 2 aliphatic heterocycles. The van der Waals surface area contributed by atoms with Gasteiger partial charge in [0.25, 0.3) is 5.91 Å². The molecule has 7 heteroatoms. The number of hydrogen-bond acceptors (Lipinski definition) is 4. The summed E-state index contributed by atoms with van der Waals surface area (Å²) < 4.78 is 0. The topological polar surface area (TPSA) is 69.7 Å². The Bertz CT molecular complexity index is 1280. The van der Waals surface area contributed by atoms with Crippen molar-refractivity contribution in [3.05, 3.63) is 89.5 Å². The van der Waals surface area contributed by atoms with E-state index in [1.165, 1.54) is 16.7 Å². The number of carbonyl (C=O) groups excluding carboxylic acids is 3. The van der Waals surface area contributed by atoms with Crippen LogP contribution in [0.3, 0.4) is 0 Å². The minimum Gasteiger partial charge on any atom is -0.324 e. The van der Waals surface area contributed by atoms with E-state index in [2.05, 4.69) is 5.32 Å². The second kappa shape index (κ2) is 8.08. The number of nitrogens with zero attached hydrogens (tertiary/aromatic N) is 2. The highest BCUT2D eigenvalue weighted by atomic mass is 32.2. The molecule has 1 fully saturated rings. The molecule has 5 rings (SSSR count). The zero-order chi connectivity index (χ0) is 23.2. The highest BCUT2D eigenvalue weighted by molar-refractivity contribution is 8.02. The Morgan fingerprint density at radius 1 is 1.00 bits per heavy atom.